The van der Waals surface area contributed by atoms with Crippen LogP contribution >= 0.6 is 0 Å². The molecule has 1 aliphatic heterocycles. The van der Waals surface area contributed by atoms with Crippen LogP contribution in [0.4, 0.5) is 25.8 Å². The molecule has 7 heteroatoms. The second-order valence-corrected chi connectivity index (χ2v) is 10.7. The van der Waals surface area contributed by atoms with Crippen LogP contribution in [0.1, 0.15) is 65.1 Å². The van der Waals surface area contributed by atoms with Gasteiger partial charge in [-0.05, 0) is 61.4 Å². The minimum absolute atomic E-state index is 0.158. The lowest BCUT2D eigenvalue weighted by molar-refractivity contribution is 0.0990. The fourth-order valence-electron chi connectivity index (χ4n) is 5.94. The van der Waals surface area contributed by atoms with Crippen LogP contribution in [0.25, 0.3) is 6.08 Å². The molecular weight excluding hydrogens is 536 g/mol. The van der Waals surface area contributed by atoms with Gasteiger partial charge in [-0.25, -0.2) is 8.78 Å². The summed E-state index contributed by atoms with van der Waals surface area (Å²) in [4.78, 5) is 28.4. The van der Waals surface area contributed by atoms with Crippen molar-refractivity contribution in [3.63, 3.8) is 0 Å². The van der Waals surface area contributed by atoms with Gasteiger partial charge in [0.2, 0.25) is 0 Å². The van der Waals surface area contributed by atoms with Gasteiger partial charge < -0.3 is 14.4 Å². The van der Waals surface area contributed by atoms with Crippen LogP contribution in [0.5, 0.6) is 11.5 Å². The molecular formula is C35H29F2NO4. The first kappa shape index (κ1) is 27.4. The molecule has 2 aliphatic rings. The lowest BCUT2D eigenvalue weighted by atomic mass is 9.73. The summed E-state index contributed by atoms with van der Waals surface area (Å²) < 4.78 is 40.0. The highest BCUT2D eigenvalue weighted by atomic mass is 19.2. The number of hydrogen-bond acceptors (Lipinski definition) is 5. The van der Waals surface area contributed by atoms with Crippen molar-refractivity contribution in [1.82, 2.24) is 0 Å². The van der Waals surface area contributed by atoms with Gasteiger partial charge in [0, 0.05) is 28.2 Å². The molecule has 0 fully saturated rings. The van der Waals surface area contributed by atoms with Crippen LogP contribution in [0.2, 0.25) is 0 Å². The molecule has 0 N–H and O–H groups in total. The number of rotatable bonds is 6. The molecule has 0 unspecified atom stereocenters. The highest BCUT2D eigenvalue weighted by Gasteiger charge is 2.38. The maximum absolute atomic E-state index is 13.9. The average Bonchev–Trinajstić information content (AvgIpc) is 3.19. The van der Waals surface area contributed by atoms with E-state index in [1.165, 1.54) is 6.08 Å². The van der Waals surface area contributed by atoms with Crippen molar-refractivity contribution in [1.29, 1.82) is 0 Å². The van der Waals surface area contributed by atoms with E-state index in [0.717, 1.165) is 40.3 Å². The third-order valence-corrected chi connectivity index (χ3v) is 7.91. The Morgan fingerprint density at radius 1 is 0.714 bits per heavy atom. The topological polar surface area (TPSA) is 55.8 Å². The van der Waals surface area contributed by atoms with E-state index in [2.05, 4.69) is 43.0 Å². The highest BCUT2D eigenvalue weighted by Crippen LogP contribution is 2.54. The Labute approximate surface area is 243 Å². The SMILES string of the molecule is CCOc1cc(N2c3ccccc3C(C)(C)c3ccccc32)c(OCC)cc1C=C1C(=O)c2cc(F)c(F)cc2C1=O. The first-order valence-electron chi connectivity index (χ1n) is 13.9. The summed E-state index contributed by atoms with van der Waals surface area (Å²) in [5.41, 5.74) is 4.70. The molecule has 0 atom stereocenters. The van der Waals surface area contributed by atoms with Gasteiger partial charge in [-0.15, -0.1) is 0 Å². The third-order valence-electron chi connectivity index (χ3n) is 7.91. The van der Waals surface area contributed by atoms with Gasteiger partial charge in [0.1, 0.15) is 11.5 Å². The molecule has 0 spiro atoms. The van der Waals surface area contributed by atoms with Crippen LogP contribution in [0.3, 0.4) is 0 Å². The Hall–Kier alpha value is -4.78. The van der Waals surface area contributed by atoms with Crippen LogP contribution in [0.15, 0.2) is 78.4 Å². The maximum Gasteiger partial charge on any atom is 0.197 e. The van der Waals surface area contributed by atoms with E-state index >= 15 is 0 Å². The zero-order valence-electron chi connectivity index (χ0n) is 23.8. The van der Waals surface area contributed by atoms with Crippen molar-refractivity contribution in [3.8, 4) is 11.5 Å². The van der Waals surface area contributed by atoms with Crippen LogP contribution in [0, 0.1) is 11.6 Å². The summed E-state index contributed by atoms with van der Waals surface area (Å²) in [6, 6.07) is 21.6. The normalized spacial score (nSPS) is 14.8. The molecule has 4 aromatic carbocycles. The highest BCUT2D eigenvalue weighted by molar-refractivity contribution is 6.41. The number of Topliss-reactive ketones (excluding diaryl/α,β-unsaturated/α-hetero) is 2. The largest absolute Gasteiger partial charge is 0.493 e. The molecule has 212 valence electrons. The number of carbonyl (C=O) groups excluding carboxylic acids is 2. The Bertz CT molecular complexity index is 1710. The van der Waals surface area contributed by atoms with E-state index < -0.39 is 23.2 Å². The molecule has 1 heterocycles. The number of para-hydroxylation sites is 2. The number of anilines is 3. The minimum Gasteiger partial charge on any atom is -0.493 e. The Morgan fingerprint density at radius 3 is 1.74 bits per heavy atom. The predicted octanol–water partition coefficient (Wildman–Crippen LogP) is 8.33. The van der Waals surface area contributed by atoms with Gasteiger partial charge in [0.25, 0.3) is 0 Å². The van der Waals surface area contributed by atoms with Gasteiger partial charge in [0.05, 0.1) is 35.8 Å². The number of benzene rings is 4. The number of carbonyl (C=O) groups is 2. The molecule has 0 radical (unpaired) electrons. The Kier molecular flexibility index (Phi) is 6.68. The number of fused-ring (bicyclic) bond motifs is 3. The van der Waals surface area contributed by atoms with Crippen molar-refractivity contribution in [2.45, 2.75) is 33.1 Å². The van der Waals surface area contributed by atoms with Crippen molar-refractivity contribution < 1.29 is 27.8 Å². The number of allylic oxidation sites excluding steroid dienone is 1. The number of nitrogens with zero attached hydrogens (tertiary/aromatic N) is 1. The lowest BCUT2D eigenvalue weighted by Crippen LogP contribution is -2.30. The summed E-state index contributed by atoms with van der Waals surface area (Å²) in [5.74, 6) is -2.75. The summed E-state index contributed by atoms with van der Waals surface area (Å²) in [7, 11) is 0. The first-order chi connectivity index (χ1) is 20.2. The fraction of sp³-hybridized carbons (Fsp3) is 0.200. The second-order valence-electron chi connectivity index (χ2n) is 10.7. The van der Waals surface area contributed by atoms with E-state index in [4.69, 9.17) is 9.47 Å². The van der Waals surface area contributed by atoms with Crippen molar-refractivity contribution in [2.75, 3.05) is 18.1 Å². The average molecular weight is 566 g/mol. The van der Waals surface area contributed by atoms with Gasteiger partial charge in [-0.2, -0.15) is 0 Å². The summed E-state index contributed by atoms with van der Waals surface area (Å²) in [5, 5.41) is 0. The number of hydrogen-bond donors (Lipinski definition) is 0. The molecule has 0 aromatic heterocycles. The molecule has 6 rings (SSSR count). The zero-order chi connectivity index (χ0) is 29.8. The molecule has 0 bridgehead atoms. The molecule has 1 aliphatic carbocycles. The molecule has 4 aromatic rings. The Balaban J connectivity index is 1.55. The smallest absolute Gasteiger partial charge is 0.197 e. The third kappa shape index (κ3) is 4.19. The number of halogens is 2. The molecule has 42 heavy (non-hydrogen) atoms. The summed E-state index contributed by atoms with van der Waals surface area (Å²) in [6.45, 7) is 8.82. The van der Waals surface area contributed by atoms with Gasteiger partial charge >= 0.3 is 0 Å². The minimum atomic E-state index is -1.18. The van der Waals surface area contributed by atoms with Crippen LogP contribution in [-0.4, -0.2) is 24.8 Å². The quantitative estimate of drug-likeness (QED) is 0.174. The molecule has 0 saturated heterocycles. The standard InChI is InChI=1S/C35H29F2NO4/c1-5-41-31-19-30(38-28-13-9-7-11-24(28)35(3,4)25-12-8-10-14-29(25)38)32(42-6-2)16-20(31)15-23-33(39)21-17-26(36)27(37)18-22(21)34(23)40/h7-19H,5-6H2,1-4H3. The van der Waals surface area contributed by atoms with Crippen molar-refractivity contribution in [2.24, 2.45) is 0 Å². The molecule has 0 saturated carbocycles. The van der Waals surface area contributed by atoms with Crippen molar-refractivity contribution >= 4 is 34.7 Å². The zero-order valence-corrected chi connectivity index (χ0v) is 23.8. The van der Waals surface area contributed by atoms with E-state index in [1.54, 1.807) is 6.07 Å². The lowest BCUT2D eigenvalue weighted by Gasteiger charge is -2.42. The maximum atomic E-state index is 13.9. The van der Waals surface area contributed by atoms with E-state index in [9.17, 15) is 18.4 Å². The molecule has 0 amide bonds. The molecule has 5 nitrogen and oxygen atoms in total. The Morgan fingerprint density at radius 2 is 1.21 bits per heavy atom. The van der Waals surface area contributed by atoms with E-state index in [0.29, 0.717) is 30.3 Å². The summed E-state index contributed by atoms with van der Waals surface area (Å²) in [6.07, 6.45) is 1.42. The van der Waals surface area contributed by atoms with Crippen molar-refractivity contribution in [3.05, 3.63) is 118 Å². The van der Waals surface area contributed by atoms with Gasteiger partial charge in [0.15, 0.2) is 23.2 Å². The van der Waals surface area contributed by atoms with Gasteiger partial charge in [-0.3, -0.25) is 9.59 Å². The number of ketones is 2. The van der Waals surface area contributed by atoms with E-state index in [1.807, 2.05) is 44.2 Å². The van der Waals surface area contributed by atoms with Crippen LogP contribution in [-0.2, 0) is 5.41 Å². The monoisotopic (exact) mass is 565 g/mol. The van der Waals surface area contributed by atoms with Crippen LogP contribution < -0.4 is 14.4 Å². The first-order valence-corrected chi connectivity index (χ1v) is 13.9. The number of ether oxygens (including phenoxy) is 2. The predicted molar refractivity (Wildman–Crippen MR) is 159 cm³/mol. The van der Waals surface area contributed by atoms with E-state index in [-0.39, 0.29) is 22.1 Å². The van der Waals surface area contributed by atoms with Gasteiger partial charge in [-0.1, -0.05) is 50.2 Å². The fourth-order valence-corrected chi connectivity index (χ4v) is 5.94. The second kappa shape index (κ2) is 10.2. The summed E-state index contributed by atoms with van der Waals surface area (Å²) >= 11 is 0.